The number of phenols is 1. The minimum absolute atomic E-state index is 0.163. The first-order valence-corrected chi connectivity index (χ1v) is 9.44. The Morgan fingerprint density at radius 2 is 1.88 bits per heavy atom. The van der Waals surface area contributed by atoms with Crippen LogP contribution in [-0.2, 0) is 16.0 Å². The van der Waals surface area contributed by atoms with Gasteiger partial charge in [0, 0.05) is 13.5 Å². The van der Waals surface area contributed by atoms with Crippen molar-refractivity contribution in [3.05, 3.63) is 24.8 Å². The Labute approximate surface area is 174 Å². The fourth-order valence-corrected chi connectivity index (χ4v) is 3.80. The van der Waals surface area contributed by atoms with Crippen molar-refractivity contribution in [1.82, 2.24) is 10.2 Å². The van der Waals surface area contributed by atoms with Gasteiger partial charge in [0.2, 0.25) is 0 Å². The number of carbonyl (C=O) groups excluding carboxylic acids is 2. The molecule has 0 aliphatic carbocycles. The molecular formula is C16H19I2N3O4. The van der Waals surface area contributed by atoms with Gasteiger partial charge in [0.1, 0.15) is 17.4 Å². The molecule has 1 aromatic carbocycles. The molecule has 1 atom stereocenters. The average molecular weight is 571 g/mol. The molecule has 2 N–H and O–H groups in total. The zero-order valence-corrected chi connectivity index (χ0v) is 18.6. The van der Waals surface area contributed by atoms with Crippen LogP contribution in [0.25, 0.3) is 0 Å². The van der Waals surface area contributed by atoms with Crippen molar-refractivity contribution in [2.75, 3.05) is 7.05 Å². The molecule has 7 nitrogen and oxygen atoms in total. The lowest BCUT2D eigenvalue weighted by molar-refractivity contribution is -0.129. The number of likely N-dealkylation sites (N-methyl/N-ethyl adjacent to an activating group) is 1. The van der Waals surface area contributed by atoms with Crippen molar-refractivity contribution in [3.63, 3.8) is 0 Å². The summed E-state index contributed by atoms with van der Waals surface area (Å²) in [5.74, 6) is -0.381. The van der Waals surface area contributed by atoms with E-state index in [2.05, 4.69) is 5.32 Å². The Kier molecular flexibility index (Phi) is 7.73. The standard InChI is InChI=1S/C16H19I2N3O4/c1-16(2,3)25-15(24)20-12(14(23)21(4)8-19)7-9-5-10(17)13(22)11(18)6-9/h5-6,12,22H,7H2,1-4H3,(H,20,24). The highest BCUT2D eigenvalue weighted by atomic mass is 127. The first kappa shape index (κ1) is 21.8. The van der Waals surface area contributed by atoms with Crippen LogP contribution in [0, 0.1) is 18.6 Å². The van der Waals surface area contributed by atoms with Gasteiger partial charge >= 0.3 is 6.09 Å². The molecule has 0 aliphatic heterocycles. The molecule has 1 aromatic rings. The van der Waals surface area contributed by atoms with Gasteiger partial charge in [-0.2, -0.15) is 5.26 Å². The van der Waals surface area contributed by atoms with Gasteiger partial charge < -0.3 is 15.2 Å². The molecule has 0 saturated heterocycles. The van der Waals surface area contributed by atoms with E-state index >= 15 is 0 Å². The molecule has 0 fully saturated rings. The minimum atomic E-state index is -0.962. The SMILES string of the molecule is CN(C#N)C(=O)C(Cc1cc(I)c(O)c(I)c1)NC(=O)OC(C)(C)C. The first-order valence-electron chi connectivity index (χ1n) is 7.28. The Morgan fingerprint density at radius 3 is 2.32 bits per heavy atom. The number of nitrogens with zero attached hydrogens (tertiary/aromatic N) is 2. The molecule has 9 heteroatoms. The fraction of sp³-hybridized carbons (Fsp3) is 0.438. The zero-order chi connectivity index (χ0) is 19.4. The Balaban J connectivity index is 3.05. The third-order valence-corrected chi connectivity index (χ3v) is 4.63. The minimum Gasteiger partial charge on any atom is -0.506 e. The number of ether oxygens (including phenoxy) is 1. The van der Waals surface area contributed by atoms with E-state index in [4.69, 9.17) is 10.00 Å². The maximum atomic E-state index is 12.4. The Morgan fingerprint density at radius 1 is 1.36 bits per heavy atom. The van der Waals surface area contributed by atoms with E-state index in [0.29, 0.717) is 7.14 Å². The molecular weight excluding hydrogens is 552 g/mol. The maximum Gasteiger partial charge on any atom is 0.408 e. The second kappa shape index (κ2) is 8.88. The summed E-state index contributed by atoms with van der Waals surface area (Å²) in [5.41, 5.74) is 0.0367. The quantitative estimate of drug-likeness (QED) is 0.329. The van der Waals surface area contributed by atoms with Gasteiger partial charge in [0.05, 0.1) is 7.14 Å². The second-order valence-electron chi connectivity index (χ2n) is 6.31. The van der Waals surface area contributed by atoms with Gasteiger partial charge in [-0.15, -0.1) is 0 Å². The molecule has 0 spiro atoms. The lowest BCUT2D eigenvalue weighted by Gasteiger charge is -2.24. The van der Waals surface area contributed by atoms with Crippen molar-refractivity contribution in [3.8, 4) is 11.9 Å². The van der Waals surface area contributed by atoms with Gasteiger partial charge in [-0.3, -0.25) is 9.69 Å². The van der Waals surface area contributed by atoms with E-state index in [1.807, 2.05) is 45.2 Å². The number of nitriles is 1. The van der Waals surface area contributed by atoms with Gasteiger partial charge in [0.15, 0.2) is 6.19 Å². The zero-order valence-electron chi connectivity index (χ0n) is 14.3. The first-order chi connectivity index (χ1) is 11.4. The van der Waals surface area contributed by atoms with E-state index in [1.54, 1.807) is 39.1 Å². The van der Waals surface area contributed by atoms with Crippen LogP contribution in [0.1, 0.15) is 26.3 Å². The predicted molar refractivity (Wildman–Crippen MR) is 109 cm³/mol. The van der Waals surface area contributed by atoms with Crippen LogP contribution in [0.5, 0.6) is 5.75 Å². The van der Waals surface area contributed by atoms with Crippen LogP contribution in [0.15, 0.2) is 12.1 Å². The molecule has 2 amide bonds. The molecule has 0 saturated carbocycles. The van der Waals surface area contributed by atoms with Crippen molar-refractivity contribution < 1.29 is 19.4 Å². The number of halogens is 2. The lowest BCUT2D eigenvalue weighted by Crippen LogP contribution is -2.48. The highest BCUT2D eigenvalue weighted by Crippen LogP contribution is 2.28. The summed E-state index contributed by atoms with van der Waals surface area (Å²) in [7, 11) is 1.33. The van der Waals surface area contributed by atoms with Crippen molar-refractivity contribution >= 4 is 57.2 Å². The number of aromatic hydroxyl groups is 1. The summed E-state index contributed by atoms with van der Waals surface area (Å²) >= 11 is 3.98. The number of alkyl carbamates (subject to hydrolysis) is 1. The molecule has 25 heavy (non-hydrogen) atoms. The van der Waals surface area contributed by atoms with Gasteiger partial charge in [-0.05, 0) is 83.6 Å². The molecule has 1 unspecified atom stereocenters. The number of hydrogen-bond donors (Lipinski definition) is 2. The van der Waals surface area contributed by atoms with E-state index in [-0.39, 0.29) is 12.2 Å². The maximum absolute atomic E-state index is 12.4. The van der Waals surface area contributed by atoms with E-state index < -0.39 is 23.6 Å². The highest BCUT2D eigenvalue weighted by molar-refractivity contribution is 14.1. The van der Waals surface area contributed by atoms with E-state index in [0.717, 1.165) is 10.5 Å². The topological polar surface area (TPSA) is 103 Å². The monoisotopic (exact) mass is 571 g/mol. The molecule has 0 heterocycles. The van der Waals surface area contributed by atoms with Crippen molar-refractivity contribution in [2.45, 2.75) is 38.8 Å². The van der Waals surface area contributed by atoms with E-state index in [9.17, 15) is 14.7 Å². The fourth-order valence-electron chi connectivity index (χ4n) is 1.90. The van der Waals surface area contributed by atoms with Crippen LogP contribution in [-0.4, -0.2) is 40.7 Å². The molecule has 136 valence electrons. The van der Waals surface area contributed by atoms with Crippen LogP contribution in [0.3, 0.4) is 0 Å². The second-order valence-corrected chi connectivity index (χ2v) is 8.63. The van der Waals surface area contributed by atoms with Crippen LogP contribution >= 0.6 is 45.2 Å². The van der Waals surface area contributed by atoms with Crippen LogP contribution < -0.4 is 5.32 Å². The molecule has 0 aliphatic rings. The molecule has 0 bridgehead atoms. The average Bonchev–Trinajstić information content (AvgIpc) is 2.48. The van der Waals surface area contributed by atoms with Gasteiger partial charge in [0.25, 0.3) is 5.91 Å². The number of amides is 2. The molecule has 0 aromatic heterocycles. The normalized spacial score (nSPS) is 12.0. The number of rotatable bonds is 4. The van der Waals surface area contributed by atoms with E-state index in [1.165, 1.54) is 7.05 Å². The largest absolute Gasteiger partial charge is 0.506 e. The lowest BCUT2D eigenvalue weighted by atomic mass is 10.0. The Hall–Kier alpha value is -1.29. The molecule has 1 rings (SSSR count). The number of phenolic OH excluding ortho intramolecular Hbond substituents is 1. The van der Waals surface area contributed by atoms with Crippen LogP contribution in [0.4, 0.5) is 4.79 Å². The van der Waals surface area contributed by atoms with Crippen molar-refractivity contribution in [1.29, 1.82) is 5.26 Å². The summed E-state index contributed by atoms with van der Waals surface area (Å²) in [6.45, 7) is 5.15. The number of hydrogen-bond acceptors (Lipinski definition) is 5. The third kappa shape index (κ3) is 6.85. The Bertz CT molecular complexity index is 687. The third-order valence-electron chi connectivity index (χ3n) is 2.99. The van der Waals surface area contributed by atoms with Gasteiger partial charge in [-0.25, -0.2) is 4.79 Å². The smallest absolute Gasteiger partial charge is 0.408 e. The number of benzene rings is 1. The summed E-state index contributed by atoms with van der Waals surface area (Å²) < 4.78 is 6.46. The van der Waals surface area contributed by atoms with Crippen LogP contribution in [0.2, 0.25) is 0 Å². The number of nitrogens with one attached hydrogen (secondary N) is 1. The predicted octanol–water partition coefficient (Wildman–Crippen LogP) is 2.98. The summed E-state index contributed by atoms with van der Waals surface area (Å²) in [6, 6.07) is 2.49. The summed E-state index contributed by atoms with van der Waals surface area (Å²) in [6.07, 6.45) is 1.16. The summed E-state index contributed by atoms with van der Waals surface area (Å²) in [5, 5.41) is 21.3. The highest BCUT2D eigenvalue weighted by Gasteiger charge is 2.27. The van der Waals surface area contributed by atoms with Crippen molar-refractivity contribution in [2.24, 2.45) is 0 Å². The van der Waals surface area contributed by atoms with Gasteiger partial charge in [-0.1, -0.05) is 0 Å². The molecule has 0 radical (unpaired) electrons. The summed E-state index contributed by atoms with van der Waals surface area (Å²) in [4.78, 5) is 25.3. The number of carbonyl (C=O) groups is 2.